The summed E-state index contributed by atoms with van der Waals surface area (Å²) in [6, 6.07) is 15.3. The molecule has 0 unspecified atom stereocenters. The van der Waals surface area contributed by atoms with Gasteiger partial charge in [-0.25, -0.2) is 4.79 Å². The van der Waals surface area contributed by atoms with Crippen molar-refractivity contribution in [1.29, 1.82) is 0 Å². The van der Waals surface area contributed by atoms with Crippen LogP contribution in [0.4, 0.5) is 0 Å². The highest BCUT2D eigenvalue weighted by molar-refractivity contribution is 6.42. The number of cyclic esters (lactones) is 1. The first kappa shape index (κ1) is 22.2. The number of nitrogens with zero attached hydrogens (tertiary/aromatic N) is 1. The lowest BCUT2D eigenvalue weighted by Crippen LogP contribution is -2.31. The maximum Gasteiger partial charge on any atom is 0.377 e. The molecule has 0 aromatic heterocycles. The van der Waals surface area contributed by atoms with Crippen LogP contribution in [0.1, 0.15) is 31.4 Å². The zero-order valence-corrected chi connectivity index (χ0v) is 18.4. The number of halogens is 2. The fraction of sp³-hybridized carbons (Fsp3) is 0.304. The van der Waals surface area contributed by atoms with Crippen molar-refractivity contribution < 1.29 is 19.1 Å². The van der Waals surface area contributed by atoms with Gasteiger partial charge in [-0.3, -0.25) is 4.79 Å². The van der Waals surface area contributed by atoms with E-state index in [4.69, 9.17) is 32.7 Å². The molecule has 0 radical (unpaired) electrons. The molecule has 0 spiro atoms. The van der Waals surface area contributed by atoms with E-state index in [9.17, 15) is 9.59 Å². The molecule has 1 heterocycles. The molecule has 1 aliphatic heterocycles. The second-order valence-electron chi connectivity index (χ2n) is 7.50. The van der Waals surface area contributed by atoms with Gasteiger partial charge in [0.25, 0.3) is 5.91 Å². The van der Waals surface area contributed by atoms with Crippen LogP contribution in [0.3, 0.4) is 0 Å². The number of ether oxygens (including phenoxy) is 2. The predicted molar refractivity (Wildman–Crippen MR) is 116 cm³/mol. The third kappa shape index (κ3) is 6.00. The summed E-state index contributed by atoms with van der Waals surface area (Å²) in [6.45, 7) is 4.05. The van der Waals surface area contributed by atoms with Gasteiger partial charge in [-0.05, 0) is 36.1 Å². The third-order valence-electron chi connectivity index (χ3n) is 4.56. The van der Waals surface area contributed by atoms with Crippen LogP contribution in [0.2, 0.25) is 10.0 Å². The standard InChI is InChI=1S/C23H23Cl2NO4/c1-23(2)29-20(22(28)30-23)14-21(27)26(12-6-9-16-7-4-3-5-8-16)15-17-10-11-18(24)19(25)13-17/h3-5,7-8,10-11,13-14H,6,9,12,15H2,1-2H3/b20-14-. The zero-order valence-electron chi connectivity index (χ0n) is 16.9. The van der Waals surface area contributed by atoms with Crippen LogP contribution in [0.25, 0.3) is 0 Å². The molecule has 7 heteroatoms. The fourth-order valence-electron chi connectivity index (χ4n) is 3.14. The van der Waals surface area contributed by atoms with E-state index < -0.39 is 11.8 Å². The van der Waals surface area contributed by atoms with Crippen LogP contribution in [-0.4, -0.2) is 29.1 Å². The molecule has 2 aromatic carbocycles. The minimum absolute atomic E-state index is 0.0906. The zero-order chi connectivity index (χ0) is 21.7. The largest absolute Gasteiger partial charge is 0.445 e. The minimum atomic E-state index is -1.08. The van der Waals surface area contributed by atoms with E-state index in [1.54, 1.807) is 30.9 Å². The molecular weight excluding hydrogens is 425 g/mol. The molecule has 0 saturated carbocycles. The van der Waals surface area contributed by atoms with Crippen LogP contribution in [0.15, 0.2) is 60.4 Å². The number of amides is 1. The van der Waals surface area contributed by atoms with E-state index in [-0.39, 0.29) is 11.7 Å². The van der Waals surface area contributed by atoms with E-state index in [0.29, 0.717) is 23.1 Å². The highest BCUT2D eigenvalue weighted by Gasteiger charge is 2.38. The molecule has 0 bridgehead atoms. The quantitative estimate of drug-likeness (QED) is 0.435. The van der Waals surface area contributed by atoms with Gasteiger partial charge in [-0.15, -0.1) is 0 Å². The first-order valence-corrected chi connectivity index (χ1v) is 10.4. The van der Waals surface area contributed by atoms with Gasteiger partial charge in [-0.1, -0.05) is 59.6 Å². The average molecular weight is 448 g/mol. The van der Waals surface area contributed by atoms with Crippen molar-refractivity contribution in [3.05, 3.63) is 81.5 Å². The van der Waals surface area contributed by atoms with Crippen LogP contribution in [-0.2, 0) is 32.0 Å². The molecule has 1 fully saturated rings. The summed E-state index contributed by atoms with van der Waals surface area (Å²) in [6.07, 6.45) is 2.78. The molecule has 3 rings (SSSR count). The third-order valence-corrected chi connectivity index (χ3v) is 5.29. The van der Waals surface area contributed by atoms with E-state index >= 15 is 0 Å². The molecule has 0 N–H and O–H groups in total. The molecule has 1 aliphatic rings. The van der Waals surface area contributed by atoms with Gasteiger partial charge in [0.2, 0.25) is 11.5 Å². The maximum atomic E-state index is 13.0. The van der Waals surface area contributed by atoms with Crippen molar-refractivity contribution in [2.75, 3.05) is 6.54 Å². The number of carbonyl (C=O) groups excluding carboxylic acids is 2. The van der Waals surface area contributed by atoms with Crippen molar-refractivity contribution in [3.63, 3.8) is 0 Å². The Bertz CT molecular complexity index is 957. The van der Waals surface area contributed by atoms with Crippen molar-refractivity contribution in [1.82, 2.24) is 4.90 Å². The summed E-state index contributed by atoms with van der Waals surface area (Å²) in [5.41, 5.74) is 2.04. The molecule has 1 amide bonds. The smallest absolute Gasteiger partial charge is 0.377 e. The van der Waals surface area contributed by atoms with Crippen LogP contribution >= 0.6 is 23.2 Å². The van der Waals surface area contributed by atoms with Crippen molar-refractivity contribution in [3.8, 4) is 0 Å². The predicted octanol–water partition coefficient (Wildman–Crippen LogP) is 5.15. The highest BCUT2D eigenvalue weighted by atomic mass is 35.5. The molecule has 0 atom stereocenters. The van der Waals surface area contributed by atoms with E-state index in [1.165, 1.54) is 11.6 Å². The first-order chi connectivity index (χ1) is 14.2. The molecule has 5 nitrogen and oxygen atoms in total. The Morgan fingerprint density at radius 1 is 1.03 bits per heavy atom. The number of aryl methyl sites for hydroxylation is 1. The van der Waals surface area contributed by atoms with E-state index in [0.717, 1.165) is 18.4 Å². The molecule has 30 heavy (non-hydrogen) atoms. The van der Waals surface area contributed by atoms with Crippen molar-refractivity contribution >= 4 is 35.1 Å². The second-order valence-corrected chi connectivity index (χ2v) is 8.31. The molecular formula is C23H23Cl2NO4. The Morgan fingerprint density at radius 2 is 1.77 bits per heavy atom. The Kier molecular flexibility index (Phi) is 7.06. The number of hydrogen-bond acceptors (Lipinski definition) is 4. The summed E-state index contributed by atoms with van der Waals surface area (Å²) in [5.74, 6) is -2.15. The topological polar surface area (TPSA) is 55.8 Å². The summed E-state index contributed by atoms with van der Waals surface area (Å²) in [4.78, 5) is 26.6. The monoisotopic (exact) mass is 447 g/mol. The summed E-state index contributed by atoms with van der Waals surface area (Å²) < 4.78 is 10.5. The van der Waals surface area contributed by atoms with Gasteiger partial charge in [0, 0.05) is 26.9 Å². The number of hydrogen-bond donors (Lipinski definition) is 0. The van der Waals surface area contributed by atoms with Crippen molar-refractivity contribution in [2.45, 2.75) is 39.0 Å². The Balaban J connectivity index is 1.74. The maximum absolute atomic E-state index is 13.0. The Morgan fingerprint density at radius 3 is 2.40 bits per heavy atom. The van der Waals surface area contributed by atoms with Gasteiger partial charge < -0.3 is 14.4 Å². The van der Waals surface area contributed by atoms with Gasteiger partial charge in [-0.2, -0.15) is 0 Å². The number of benzene rings is 2. The SMILES string of the molecule is CC1(C)OC(=O)/C(=C/C(=O)N(CCCc2ccccc2)Cc2ccc(Cl)c(Cl)c2)O1. The van der Waals surface area contributed by atoms with E-state index in [2.05, 4.69) is 12.1 Å². The average Bonchev–Trinajstić information content (AvgIpc) is 2.95. The van der Waals surface area contributed by atoms with Crippen LogP contribution < -0.4 is 0 Å². The van der Waals surface area contributed by atoms with Gasteiger partial charge in [0.15, 0.2) is 0 Å². The first-order valence-electron chi connectivity index (χ1n) is 9.64. The lowest BCUT2D eigenvalue weighted by atomic mass is 10.1. The summed E-state index contributed by atoms with van der Waals surface area (Å²) >= 11 is 12.1. The Labute approximate surface area is 186 Å². The van der Waals surface area contributed by atoms with Crippen LogP contribution in [0, 0.1) is 0 Å². The molecule has 1 saturated heterocycles. The number of rotatable bonds is 7. The van der Waals surface area contributed by atoms with E-state index in [1.807, 2.05) is 24.3 Å². The molecule has 2 aromatic rings. The number of esters is 1. The molecule has 0 aliphatic carbocycles. The lowest BCUT2D eigenvalue weighted by molar-refractivity contribution is -0.159. The van der Waals surface area contributed by atoms with Crippen molar-refractivity contribution in [2.24, 2.45) is 0 Å². The molecule has 158 valence electrons. The normalized spacial score (nSPS) is 16.3. The van der Waals surface area contributed by atoms with Crippen LogP contribution in [0.5, 0.6) is 0 Å². The number of carbonyl (C=O) groups is 2. The Hall–Kier alpha value is -2.50. The summed E-state index contributed by atoms with van der Waals surface area (Å²) in [5, 5.41) is 0.877. The fourth-order valence-corrected chi connectivity index (χ4v) is 3.46. The van der Waals surface area contributed by atoms with Gasteiger partial charge in [0.05, 0.1) is 16.1 Å². The second kappa shape index (κ2) is 9.54. The minimum Gasteiger partial charge on any atom is -0.445 e. The van der Waals surface area contributed by atoms with Gasteiger partial charge in [0.1, 0.15) is 0 Å². The van der Waals surface area contributed by atoms with Gasteiger partial charge >= 0.3 is 5.97 Å². The summed E-state index contributed by atoms with van der Waals surface area (Å²) in [7, 11) is 0. The lowest BCUT2D eigenvalue weighted by Gasteiger charge is -2.22. The highest BCUT2D eigenvalue weighted by Crippen LogP contribution is 2.27.